The number of carbonyl (C=O) groups is 1. The van der Waals surface area contributed by atoms with Gasteiger partial charge >= 0.3 is 0 Å². The third-order valence-corrected chi connectivity index (χ3v) is 5.08. The number of methoxy groups -OCH3 is 1. The third kappa shape index (κ3) is 4.07. The summed E-state index contributed by atoms with van der Waals surface area (Å²) in [6.45, 7) is 5.95. The van der Waals surface area contributed by atoms with Crippen LogP contribution in [-0.2, 0) is 0 Å². The van der Waals surface area contributed by atoms with E-state index in [1.807, 2.05) is 6.92 Å². The molecular formula is C19H23ClN4O2. The van der Waals surface area contributed by atoms with Gasteiger partial charge in [-0.2, -0.15) is 0 Å². The minimum absolute atomic E-state index is 0.306. The van der Waals surface area contributed by atoms with E-state index in [0.29, 0.717) is 28.1 Å². The van der Waals surface area contributed by atoms with Gasteiger partial charge in [-0.05, 0) is 43.4 Å². The van der Waals surface area contributed by atoms with Gasteiger partial charge < -0.3 is 15.0 Å². The average molecular weight is 375 g/mol. The van der Waals surface area contributed by atoms with Crippen LogP contribution in [0.3, 0.4) is 0 Å². The van der Waals surface area contributed by atoms with E-state index in [1.54, 1.807) is 24.4 Å². The first-order valence-corrected chi connectivity index (χ1v) is 9.09. The summed E-state index contributed by atoms with van der Waals surface area (Å²) < 4.78 is 5.31. The van der Waals surface area contributed by atoms with Crippen molar-refractivity contribution in [1.29, 1.82) is 0 Å². The van der Waals surface area contributed by atoms with E-state index in [0.717, 1.165) is 37.4 Å². The first kappa shape index (κ1) is 18.5. The summed E-state index contributed by atoms with van der Waals surface area (Å²) in [6, 6.07) is 5.08. The van der Waals surface area contributed by atoms with Crippen molar-refractivity contribution in [3.05, 3.63) is 40.7 Å². The molecule has 2 aromatic rings. The number of hydrogen-bond acceptors (Lipinski definition) is 5. The molecule has 0 saturated carbocycles. The van der Waals surface area contributed by atoms with Crippen molar-refractivity contribution in [3.63, 3.8) is 0 Å². The smallest absolute Gasteiger partial charge is 0.274 e. The molecule has 26 heavy (non-hydrogen) atoms. The summed E-state index contributed by atoms with van der Waals surface area (Å²) in [6.07, 6.45) is 3.85. The summed E-state index contributed by atoms with van der Waals surface area (Å²) in [4.78, 5) is 23.6. The lowest BCUT2D eigenvalue weighted by Gasteiger charge is -2.30. The van der Waals surface area contributed by atoms with Crippen molar-refractivity contribution in [2.75, 3.05) is 30.4 Å². The number of ether oxygens (including phenoxy) is 1. The van der Waals surface area contributed by atoms with Crippen molar-refractivity contribution in [2.45, 2.75) is 26.7 Å². The largest absolute Gasteiger partial charge is 0.495 e. The van der Waals surface area contributed by atoms with Crippen LogP contribution in [0.4, 0.5) is 11.6 Å². The number of carbonyl (C=O) groups excluding carboxylic acids is 1. The van der Waals surface area contributed by atoms with Gasteiger partial charge in [0.15, 0.2) is 0 Å². The second-order valence-corrected chi connectivity index (χ2v) is 7.07. The molecule has 0 radical (unpaired) electrons. The van der Waals surface area contributed by atoms with Crippen LogP contribution >= 0.6 is 11.6 Å². The lowest BCUT2D eigenvalue weighted by molar-refractivity contribution is 0.102. The molecule has 138 valence electrons. The van der Waals surface area contributed by atoms with Crippen molar-refractivity contribution in [2.24, 2.45) is 5.92 Å². The number of benzene rings is 1. The lowest BCUT2D eigenvalue weighted by atomic mass is 10.00. The highest BCUT2D eigenvalue weighted by atomic mass is 35.5. The minimum atomic E-state index is -0.306. The molecule has 1 fully saturated rings. The van der Waals surface area contributed by atoms with Gasteiger partial charge in [0.25, 0.3) is 5.91 Å². The first-order valence-electron chi connectivity index (χ1n) is 8.71. The fourth-order valence-corrected chi connectivity index (χ4v) is 3.11. The summed E-state index contributed by atoms with van der Waals surface area (Å²) in [5, 5.41) is 3.44. The third-order valence-electron chi connectivity index (χ3n) is 4.67. The van der Waals surface area contributed by atoms with Crippen molar-refractivity contribution in [3.8, 4) is 5.75 Å². The van der Waals surface area contributed by atoms with Gasteiger partial charge in [0.1, 0.15) is 11.4 Å². The van der Waals surface area contributed by atoms with Crippen LogP contribution in [0.2, 0.25) is 5.02 Å². The van der Waals surface area contributed by atoms with E-state index < -0.39 is 0 Å². The zero-order valence-electron chi connectivity index (χ0n) is 15.3. The van der Waals surface area contributed by atoms with Crippen LogP contribution < -0.4 is 15.0 Å². The summed E-state index contributed by atoms with van der Waals surface area (Å²) in [5.74, 6) is 1.52. The molecule has 3 rings (SSSR count). The Morgan fingerprint density at radius 2 is 2.08 bits per heavy atom. The summed E-state index contributed by atoms with van der Waals surface area (Å²) in [7, 11) is 1.54. The van der Waals surface area contributed by atoms with Gasteiger partial charge in [-0.1, -0.05) is 18.5 Å². The topological polar surface area (TPSA) is 67.3 Å². The van der Waals surface area contributed by atoms with Gasteiger partial charge in [-0.25, -0.2) is 9.97 Å². The predicted molar refractivity (Wildman–Crippen MR) is 103 cm³/mol. The molecular weight excluding hydrogens is 352 g/mol. The molecule has 1 aliphatic rings. The minimum Gasteiger partial charge on any atom is -0.495 e. The number of anilines is 2. The van der Waals surface area contributed by atoms with Crippen LogP contribution in [0, 0.1) is 12.8 Å². The molecule has 7 heteroatoms. The normalized spacial score (nSPS) is 15.0. The molecule has 1 N–H and O–H groups in total. The van der Waals surface area contributed by atoms with Gasteiger partial charge in [-0.3, -0.25) is 4.79 Å². The summed E-state index contributed by atoms with van der Waals surface area (Å²) in [5.41, 5.74) is 1.74. The van der Waals surface area contributed by atoms with Crippen LogP contribution in [0.15, 0.2) is 24.4 Å². The molecule has 1 aromatic carbocycles. The van der Waals surface area contributed by atoms with E-state index in [1.165, 1.54) is 7.11 Å². The highest BCUT2D eigenvalue weighted by molar-refractivity contribution is 6.31. The first-order chi connectivity index (χ1) is 12.5. The Morgan fingerprint density at radius 3 is 2.77 bits per heavy atom. The summed E-state index contributed by atoms with van der Waals surface area (Å²) >= 11 is 6.12. The number of aromatic nitrogens is 2. The number of piperidine rings is 1. The number of hydrogen-bond donors (Lipinski definition) is 1. The number of nitrogens with zero attached hydrogens (tertiary/aromatic N) is 3. The van der Waals surface area contributed by atoms with Gasteiger partial charge in [0.05, 0.1) is 12.8 Å². The van der Waals surface area contributed by atoms with Gasteiger partial charge in [0, 0.05) is 30.4 Å². The Kier molecular flexibility index (Phi) is 5.61. The molecule has 1 aliphatic heterocycles. The molecule has 0 bridgehead atoms. The standard InChI is InChI=1S/C19H23ClN4O2/c1-12-5-8-24(9-6-12)19-21-7-4-15(23-19)18(25)22-16-10-13(2)14(20)11-17(16)26-3/h4,7,10-12H,5-6,8-9H2,1-3H3,(H,22,25). The van der Waals surface area contributed by atoms with Crippen LogP contribution in [0.25, 0.3) is 0 Å². The van der Waals surface area contributed by atoms with E-state index in [2.05, 4.69) is 27.1 Å². The quantitative estimate of drug-likeness (QED) is 0.878. The van der Waals surface area contributed by atoms with E-state index in [-0.39, 0.29) is 5.91 Å². The highest BCUT2D eigenvalue weighted by Crippen LogP contribution is 2.31. The molecule has 2 heterocycles. The van der Waals surface area contributed by atoms with Crippen molar-refractivity contribution >= 4 is 29.1 Å². The zero-order chi connectivity index (χ0) is 18.7. The van der Waals surface area contributed by atoms with Crippen LogP contribution in [0.1, 0.15) is 35.8 Å². The number of aryl methyl sites for hydroxylation is 1. The van der Waals surface area contributed by atoms with Gasteiger partial charge in [0.2, 0.25) is 5.95 Å². The van der Waals surface area contributed by atoms with E-state index >= 15 is 0 Å². The van der Waals surface area contributed by atoms with Crippen molar-refractivity contribution in [1.82, 2.24) is 9.97 Å². The Balaban J connectivity index is 1.78. The predicted octanol–water partition coefficient (Wildman–Crippen LogP) is 3.94. The highest BCUT2D eigenvalue weighted by Gasteiger charge is 2.20. The molecule has 6 nitrogen and oxygen atoms in total. The Bertz CT molecular complexity index is 804. The van der Waals surface area contributed by atoms with Crippen molar-refractivity contribution < 1.29 is 9.53 Å². The number of halogens is 1. The van der Waals surface area contributed by atoms with E-state index in [4.69, 9.17) is 16.3 Å². The van der Waals surface area contributed by atoms with E-state index in [9.17, 15) is 4.79 Å². The second-order valence-electron chi connectivity index (χ2n) is 6.67. The maximum Gasteiger partial charge on any atom is 0.274 e. The average Bonchev–Trinajstić information content (AvgIpc) is 2.65. The molecule has 0 unspecified atom stereocenters. The van der Waals surface area contributed by atoms with Crippen LogP contribution in [0.5, 0.6) is 5.75 Å². The number of rotatable bonds is 4. The molecule has 0 atom stereocenters. The molecule has 1 amide bonds. The molecule has 0 aliphatic carbocycles. The fraction of sp³-hybridized carbons (Fsp3) is 0.421. The van der Waals surface area contributed by atoms with Crippen LogP contribution in [-0.4, -0.2) is 36.1 Å². The molecule has 1 aromatic heterocycles. The number of amides is 1. The maximum absolute atomic E-state index is 12.7. The maximum atomic E-state index is 12.7. The lowest BCUT2D eigenvalue weighted by Crippen LogP contribution is -2.34. The molecule has 0 spiro atoms. The Hall–Kier alpha value is -2.34. The SMILES string of the molecule is COc1cc(Cl)c(C)cc1NC(=O)c1ccnc(N2CCC(C)CC2)n1. The van der Waals surface area contributed by atoms with Gasteiger partial charge in [-0.15, -0.1) is 0 Å². The number of nitrogens with one attached hydrogen (secondary N) is 1. The second kappa shape index (κ2) is 7.91. The Labute approximate surface area is 158 Å². The monoisotopic (exact) mass is 374 g/mol. The zero-order valence-corrected chi connectivity index (χ0v) is 16.0. The fourth-order valence-electron chi connectivity index (χ4n) is 2.95. The Morgan fingerprint density at radius 1 is 1.35 bits per heavy atom. The molecule has 1 saturated heterocycles.